The van der Waals surface area contributed by atoms with Crippen molar-refractivity contribution < 1.29 is 72.4 Å². The van der Waals surface area contributed by atoms with Crippen LogP contribution in [0.3, 0.4) is 0 Å². The largest absolute Gasteiger partial charge is 0.503 e. The lowest BCUT2D eigenvalue weighted by molar-refractivity contribution is -0.323. The van der Waals surface area contributed by atoms with E-state index < -0.39 is 110 Å². The van der Waals surface area contributed by atoms with Gasteiger partial charge in [-0.15, -0.1) is 0 Å². The minimum atomic E-state index is -6.54. The van der Waals surface area contributed by atoms with Crippen LogP contribution in [0.5, 0.6) is 34.5 Å². The summed E-state index contributed by atoms with van der Waals surface area (Å²) in [6, 6.07) is 3.11. The van der Waals surface area contributed by atoms with Gasteiger partial charge >= 0.3 is 12.1 Å². The first-order valence-electron chi connectivity index (χ1n) is 11.8. The number of phenols is 2. The fourth-order valence-corrected chi connectivity index (χ4v) is 3.93. The molecule has 0 bridgehead atoms. The molecule has 0 saturated carbocycles. The third-order valence-electron chi connectivity index (χ3n) is 6.31. The van der Waals surface area contributed by atoms with E-state index in [4.69, 9.17) is 20.9 Å². The summed E-state index contributed by atoms with van der Waals surface area (Å²) < 4.78 is 180. The topological polar surface area (TPSA) is 111 Å². The molecule has 6 N–H and O–H groups in total. The van der Waals surface area contributed by atoms with Crippen LogP contribution in [0, 0.1) is 34.9 Å². The zero-order chi connectivity index (χ0) is 33.8. The first kappa shape index (κ1) is 32.7. The van der Waals surface area contributed by atoms with Gasteiger partial charge in [0.1, 0.15) is 22.9 Å². The molecule has 0 heterocycles. The Balaban J connectivity index is 1.75. The summed E-state index contributed by atoms with van der Waals surface area (Å²) in [5.74, 6) is -25.8. The zero-order valence-electron chi connectivity index (χ0n) is 21.5. The third-order valence-corrected chi connectivity index (χ3v) is 6.31. The molecule has 0 aliphatic heterocycles. The number of halogens is 12. The van der Waals surface area contributed by atoms with Crippen LogP contribution in [-0.4, -0.2) is 22.3 Å². The Morgan fingerprint density at radius 1 is 0.489 bits per heavy atom. The minimum absolute atomic E-state index is 0.299. The van der Waals surface area contributed by atoms with Gasteiger partial charge in [0.05, 0.1) is 0 Å². The number of nitrogen functional groups attached to an aromatic ring is 2. The number of hydrogen-bond acceptors (Lipinski definition) is 6. The highest BCUT2D eigenvalue weighted by atomic mass is 19.4. The lowest BCUT2D eigenvalue weighted by Gasteiger charge is -2.35. The van der Waals surface area contributed by atoms with Crippen LogP contribution in [0.2, 0.25) is 0 Å². The SMILES string of the molecule is Nc1c(O)c(F)c(Oc2ccc(C(F)(c3ccc(Oc4c(F)c(O)c(N)c(F)c4F)cc3)C(F)(F)C(F)(F)F)cc2)c(F)c1F. The molecule has 0 spiro atoms. The van der Waals surface area contributed by atoms with Crippen molar-refractivity contribution in [1.29, 1.82) is 0 Å². The fourth-order valence-electron chi connectivity index (χ4n) is 3.93. The highest BCUT2D eigenvalue weighted by molar-refractivity contribution is 5.59. The molecule has 4 aromatic rings. The number of phenolic OH excluding ortho intramolecular Hbond substituents is 2. The lowest BCUT2D eigenvalue weighted by Crippen LogP contribution is -2.53. The maximum absolute atomic E-state index is 16.2. The molecule has 0 fully saturated rings. The van der Waals surface area contributed by atoms with E-state index in [9.17, 15) is 58.5 Å². The van der Waals surface area contributed by atoms with E-state index in [1.165, 1.54) is 0 Å². The van der Waals surface area contributed by atoms with E-state index in [0.717, 1.165) is 0 Å². The van der Waals surface area contributed by atoms with Crippen molar-refractivity contribution >= 4 is 11.4 Å². The number of alkyl halides is 6. The Morgan fingerprint density at radius 3 is 1.09 bits per heavy atom. The molecule has 0 saturated heterocycles. The quantitative estimate of drug-likeness (QED) is 0.0692. The summed E-state index contributed by atoms with van der Waals surface area (Å²) in [5.41, 5.74) is -0.278. The monoisotopic (exact) mass is 658 g/mol. The van der Waals surface area contributed by atoms with E-state index >= 15 is 4.39 Å². The van der Waals surface area contributed by atoms with E-state index in [-0.39, 0.29) is 0 Å². The summed E-state index contributed by atoms with van der Waals surface area (Å²) in [5, 5.41) is 18.9. The zero-order valence-corrected chi connectivity index (χ0v) is 21.5. The summed E-state index contributed by atoms with van der Waals surface area (Å²) in [6.07, 6.45) is -6.54. The molecule has 0 aliphatic carbocycles. The van der Waals surface area contributed by atoms with Crippen LogP contribution in [0.1, 0.15) is 11.1 Å². The van der Waals surface area contributed by atoms with Crippen LogP contribution in [0.15, 0.2) is 48.5 Å². The normalized spacial score (nSPS) is 12.4. The molecule has 0 aromatic heterocycles. The van der Waals surface area contributed by atoms with Gasteiger partial charge < -0.3 is 31.2 Å². The van der Waals surface area contributed by atoms with Crippen LogP contribution in [0.25, 0.3) is 0 Å². The second kappa shape index (κ2) is 11.1. The standard InChI is InChI=1S/C27H14F12N2O4/c28-13-15(30)23(17(32)21(42)19(13)40)44-11-5-1-9(2-6-11)25(34,26(35,36)27(37,38)39)10-3-7-12(8-4-10)45-24-16(31)14(29)20(41)22(43)18(24)33/h1-8,42-43H,40-41H2. The Kier molecular flexibility index (Phi) is 8.06. The smallest absolute Gasteiger partial charge is 0.457 e. The average molecular weight is 658 g/mol. The minimum Gasteiger partial charge on any atom is -0.503 e. The van der Waals surface area contributed by atoms with Gasteiger partial charge in [-0.2, -0.15) is 39.5 Å². The fraction of sp³-hybridized carbons (Fsp3) is 0.111. The number of benzene rings is 4. The average Bonchev–Trinajstić information content (AvgIpc) is 3.01. The van der Waals surface area contributed by atoms with E-state index in [2.05, 4.69) is 0 Å². The molecule has 0 radical (unpaired) electrons. The predicted molar refractivity (Wildman–Crippen MR) is 131 cm³/mol. The van der Waals surface area contributed by atoms with Crippen molar-refractivity contribution in [1.82, 2.24) is 0 Å². The Morgan fingerprint density at radius 2 is 0.800 bits per heavy atom. The molecule has 4 rings (SSSR count). The van der Waals surface area contributed by atoms with Crippen molar-refractivity contribution in [2.75, 3.05) is 11.5 Å². The number of anilines is 2. The first-order valence-corrected chi connectivity index (χ1v) is 11.8. The van der Waals surface area contributed by atoms with Crippen molar-refractivity contribution in [3.63, 3.8) is 0 Å². The second-order valence-corrected chi connectivity index (χ2v) is 9.05. The summed E-state index contributed by atoms with van der Waals surface area (Å²) in [4.78, 5) is 0. The molecule has 0 aliphatic rings. The third kappa shape index (κ3) is 5.18. The predicted octanol–water partition coefficient (Wildman–Crippen LogP) is 8.09. The number of nitrogens with two attached hydrogens (primary N) is 2. The van der Waals surface area contributed by atoms with Gasteiger partial charge in [-0.3, -0.25) is 0 Å². The molecule has 18 heteroatoms. The van der Waals surface area contributed by atoms with Crippen LogP contribution >= 0.6 is 0 Å². The highest BCUT2D eigenvalue weighted by Gasteiger charge is 2.72. The molecule has 6 nitrogen and oxygen atoms in total. The summed E-state index contributed by atoms with van der Waals surface area (Å²) in [7, 11) is 0. The van der Waals surface area contributed by atoms with Crippen molar-refractivity contribution in [2.24, 2.45) is 0 Å². The summed E-state index contributed by atoms with van der Waals surface area (Å²) >= 11 is 0. The van der Waals surface area contributed by atoms with Crippen LogP contribution in [-0.2, 0) is 5.67 Å². The van der Waals surface area contributed by atoms with Crippen LogP contribution in [0.4, 0.5) is 64.1 Å². The Labute approximate surface area is 242 Å². The molecule has 0 unspecified atom stereocenters. The molecular formula is C27H14F12N2O4. The first-order chi connectivity index (χ1) is 20.7. The van der Waals surface area contributed by atoms with Gasteiger partial charge in [-0.1, -0.05) is 24.3 Å². The van der Waals surface area contributed by atoms with Gasteiger partial charge in [-0.05, 0) is 24.3 Å². The van der Waals surface area contributed by atoms with E-state index in [0.29, 0.717) is 48.5 Å². The van der Waals surface area contributed by atoms with E-state index in [1.54, 1.807) is 0 Å². The van der Waals surface area contributed by atoms with Gasteiger partial charge in [0.2, 0.25) is 40.4 Å². The van der Waals surface area contributed by atoms with Crippen molar-refractivity contribution in [3.05, 3.63) is 94.6 Å². The van der Waals surface area contributed by atoms with Gasteiger partial charge in [0, 0.05) is 11.1 Å². The molecule has 45 heavy (non-hydrogen) atoms. The molecule has 4 aromatic carbocycles. The maximum Gasteiger partial charge on any atom is 0.457 e. The number of rotatable bonds is 7. The molecule has 0 amide bonds. The van der Waals surface area contributed by atoms with Gasteiger partial charge in [0.25, 0.3) is 0 Å². The van der Waals surface area contributed by atoms with Gasteiger partial charge in [0.15, 0.2) is 23.1 Å². The molecule has 0 atom stereocenters. The van der Waals surface area contributed by atoms with Crippen molar-refractivity contribution in [3.8, 4) is 34.5 Å². The molecular weight excluding hydrogens is 644 g/mol. The Hall–Kier alpha value is -5.16. The number of ether oxygens (including phenoxy) is 2. The van der Waals surface area contributed by atoms with Gasteiger partial charge in [-0.25, -0.2) is 13.2 Å². The summed E-state index contributed by atoms with van der Waals surface area (Å²) in [6.45, 7) is 0. The second-order valence-electron chi connectivity index (χ2n) is 9.05. The Bertz CT molecular complexity index is 1610. The highest BCUT2D eigenvalue weighted by Crippen LogP contribution is 2.55. The van der Waals surface area contributed by atoms with Crippen LogP contribution < -0.4 is 20.9 Å². The number of aromatic hydroxyl groups is 2. The number of hydrogen-bond donors (Lipinski definition) is 4. The maximum atomic E-state index is 16.2. The molecule has 240 valence electrons. The van der Waals surface area contributed by atoms with E-state index in [1.807, 2.05) is 0 Å². The van der Waals surface area contributed by atoms with Crippen molar-refractivity contribution in [2.45, 2.75) is 17.8 Å². The lowest BCUT2D eigenvalue weighted by atomic mass is 9.82.